The Balaban J connectivity index is 2.84. The van der Waals surface area contributed by atoms with E-state index >= 15 is 0 Å². The van der Waals surface area contributed by atoms with Crippen molar-refractivity contribution in [2.45, 2.75) is 43.8 Å². The van der Waals surface area contributed by atoms with Gasteiger partial charge in [-0.05, 0) is 24.1 Å². The number of hydrogen-bond donors (Lipinski definition) is 8. The molecule has 9 N–H and O–H groups in total. The van der Waals surface area contributed by atoms with E-state index in [0.29, 0.717) is 5.56 Å². The summed E-state index contributed by atoms with van der Waals surface area (Å²) in [4.78, 5) is 69.4. The van der Waals surface area contributed by atoms with Gasteiger partial charge in [0, 0.05) is 12.8 Å². The molecule has 0 heterocycles. The molecule has 3 amide bonds. The third-order valence-electron chi connectivity index (χ3n) is 4.45. The molecule has 0 bridgehead atoms. The predicted molar refractivity (Wildman–Crippen MR) is 113 cm³/mol. The van der Waals surface area contributed by atoms with Gasteiger partial charge in [-0.15, -0.1) is 0 Å². The summed E-state index contributed by atoms with van der Waals surface area (Å²) in [7, 11) is 0. The molecular weight excluding hydrogens is 456 g/mol. The number of benzene rings is 1. The van der Waals surface area contributed by atoms with Gasteiger partial charge in [-0.3, -0.25) is 24.0 Å². The van der Waals surface area contributed by atoms with Gasteiger partial charge in [-0.1, -0.05) is 12.1 Å². The number of rotatable bonds is 14. The highest BCUT2D eigenvalue weighted by Crippen LogP contribution is 2.12. The van der Waals surface area contributed by atoms with Crippen molar-refractivity contribution in [3.8, 4) is 5.75 Å². The third kappa shape index (κ3) is 10.4. The molecule has 14 heteroatoms. The minimum atomic E-state index is -1.71. The quantitative estimate of drug-likeness (QED) is 0.141. The van der Waals surface area contributed by atoms with E-state index in [1.165, 1.54) is 24.3 Å². The first-order valence-electron chi connectivity index (χ1n) is 9.96. The van der Waals surface area contributed by atoms with Crippen molar-refractivity contribution < 1.29 is 49.2 Å². The van der Waals surface area contributed by atoms with Crippen molar-refractivity contribution >= 4 is 35.6 Å². The van der Waals surface area contributed by atoms with Crippen LogP contribution in [0, 0.1) is 0 Å². The molecule has 0 spiro atoms. The highest BCUT2D eigenvalue weighted by Gasteiger charge is 2.26. The fourth-order valence-corrected chi connectivity index (χ4v) is 2.68. The number of carboxylic acid groups (broad SMARTS) is 3. The summed E-state index contributed by atoms with van der Waals surface area (Å²) in [5, 5.41) is 42.3. The van der Waals surface area contributed by atoms with Crippen LogP contribution in [0.4, 0.5) is 0 Å². The molecule has 0 aliphatic heterocycles. The van der Waals surface area contributed by atoms with Gasteiger partial charge in [0.2, 0.25) is 17.7 Å². The second-order valence-corrected chi connectivity index (χ2v) is 7.24. The molecule has 1 aromatic carbocycles. The Bertz CT molecular complexity index is 918. The van der Waals surface area contributed by atoms with Crippen LogP contribution in [-0.2, 0) is 35.2 Å². The zero-order valence-corrected chi connectivity index (χ0v) is 17.9. The highest BCUT2D eigenvalue weighted by molar-refractivity contribution is 5.93. The van der Waals surface area contributed by atoms with Crippen LogP contribution in [0.25, 0.3) is 0 Å². The molecule has 3 unspecified atom stereocenters. The average molecular weight is 482 g/mol. The van der Waals surface area contributed by atoms with Crippen molar-refractivity contribution in [1.82, 2.24) is 16.0 Å². The number of amides is 3. The molecule has 0 aliphatic carbocycles. The second-order valence-electron chi connectivity index (χ2n) is 7.24. The first-order valence-corrected chi connectivity index (χ1v) is 9.96. The number of hydrogen-bond acceptors (Lipinski definition) is 8. The number of aromatic hydroxyl groups is 1. The molecule has 1 rings (SSSR count). The molecule has 14 nitrogen and oxygen atoms in total. The van der Waals surface area contributed by atoms with Crippen LogP contribution in [0.5, 0.6) is 5.75 Å². The van der Waals surface area contributed by atoms with E-state index in [1.54, 1.807) is 0 Å². The van der Waals surface area contributed by atoms with Gasteiger partial charge in [0.1, 0.15) is 17.8 Å². The Morgan fingerprint density at radius 2 is 1.47 bits per heavy atom. The van der Waals surface area contributed by atoms with E-state index in [1.807, 2.05) is 5.32 Å². The van der Waals surface area contributed by atoms with Gasteiger partial charge >= 0.3 is 17.9 Å². The Morgan fingerprint density at radius 1 is 0.853 bits per heavy atom. The topological polar surface area (TPSA) is 245 Å². The lowest BCUT2D eigenvalue weighted by molar-refractivity contribution is -0.147. The standard InChI is InChI=1S/C20H26N4O10/c21-12(5-6-16(27)28)18(31)24-13(7-10-1-3-11(25)4-2-10)19(32)22-9-15(26)23-14(20(33)34)8-17(29)30/h1-4,12-14,25H,5-9,21H2,(H,22,32)(H,23,26)(H,24,31)(H,27,28)(H,29,30)(H,33,34). The van der Waals surface area contributed by atoms with E-state index in [-0.39, 0.29) is 25.0 Å². The number of nitrogens with one attached hydrogen (secondary N) is 3. The number of aliphatic carboxylic acids is 3. The molecule has 3 atom stereocenters. The molecule has 0 radical (unpaired) electrons. The number of phenols is 1. The molecule has 0 aromatic heterocycles. The van der Waals surface area contributed by atoms with Gasteiger partial charge in [0.25, 0.3) is 0 Å². The van der Waals surface area contributed by atoms with Crippen molar-refractivity contribution in [2.24, 2.45) is 5.73 Å². The zero-order chi connectivity index (χ0) is 25.8. The maximum Gasteiger partial charge on any atom is 0.326 e. The Morgan fingerprint density at radius 3 is 2.00 bits per heavy atom. The number of carboxylic acids is 3. The third-order valence-corrected chi connectivity index (χ3v) is 4.45. The van der Waals surface area contributed by atoms with Crippen molar-refractivity contribution in [1.29, 1.82) is 0 Å². The minimum absolute atomic E-state index is 0.0319. The van der Waals surface area contributed by atoms with E-state index in [9.17, 15) is 33.9 Å². The smallest absolute Gasteiger partial charge is 0.326 e. The van der Waals surface area contributed by atoms with Crippen LogP contribution >= 0.6 is 0 Å². The van der Waals surface area contributed by atoms with E-state index in [4.69, 9.17) is 21.1 Å². The van der Waals surface area contributed by atoms with Crippen LogP contribution < -0.4 is 21.7 Å². The van der Waals surface area contributed by atoms with Crippen LogP contribution in [0.2, 0.25) is 0 Å². The molecule has 0 aliphatic rings. The lowest BCUT2D eigenvalue weighted by atomic mass is 10.0. The number of phenolic OH excluding ortho intramolecular Hbond substituents is 1. The van der Waals surface area contributed by atoms with Crippen molar-refractivity contribution in [3.63, 3.8) is 0 Å². The number of carbonyl (C=O) groups is 6. The summed E-state index contributed by atoms with van der Waals surface area (Å²) in [5.74, 6) is -6.84. The summed E-state index contributed by atoms with van der Waals surface area (Å²) in [5.41, 5.74) is 6.19. The minimum Gasteiger partial charge on any atom is -0.508 e. The molecular formula is C20H26N4O10. The SMILES string of the molecule is NC(CCC(=O)O)C(=O)NC(Cc1ccc(O)cc1)C(=O)NCC(=O)NC(CC(=O)O)C(=O)O. The lowest BCUT2D eigenvalue weighted by Gasteiger charge is -2.21. The molecule has 0 fully saturated rings. The van der Waals surface area contributed by atoms with E-state index in [2.05, 4.69) is 10.6 Å². The number of carbonyl (C=O) groups excluding carboxylic acids is 3. The molecule has 1 aromatic rings. The number of nitrogens with two attached hydrogens (primary N) is 1. The molecule has 0 saturated heterocycles. The molecule has 186 valence electrons. The van der Waals surface area contributed by atoms with Crippen LogP contribution in [0.15, 0.2) is 24.3 Å². The summed E-state index contributed by atoms with van der Waals surface area (Å²) in [6.07, 6.45) is -1.51. The molecule has 34 heavy (non-hydrogen) atoms. The molecule has 0 saturated carbocycles. The van der Waals surface area contributed by atoms with E-state index < -0.39 is 66.7 Å². The summed E-state index contributed by atoms with van der Waals surface area (Å²) >= 11 is 0. The maximum absolute atomic E-state index is 12.6. The van der Waals surface area contributed by atoms with Gasteiger partial charge in [0.15, 0.2) is 0 Å². The zero-order valence-electron chi connectivity index (χ0n) is 17.9. The van der Waals surface area contributed by atoms with Gasteiger partial charge in [0.05, 0.1) is 19.0 Å². The van der Waals surface area contributed by atoms with Crippen molar-refractivity contribution in [2.75, 3.05) is 6.54 Å². The Kier molecular flexibility index (Phi) is 10.9. The highest BCUT2D eigenvalue weighted by atomic mass is 16.4. The largest absolute Gasteiger partial charge is 0.508 e. The van der Waals surface area contributed by atoms with Crippen LogP contribution in [-0.4, -0.2) is 80.7 Å². The normalized spacial score (nSPS) is 13.1. The summed E-state index contributed by atoms with van der Waals surface area (Å²) in [6, 6.07) is 1.50. The lowest BCUT2D eigenvalue weighted by Crippen LogP contribution is -2.54. The Hall–Kier alpha value is -4.20. The average Bonchev–Trinajstić information content (AvgIpc) is 2.75. The summed E-state index contributed by atoms with van der Waals surface area (Å²) < 4.78 is 0. The fraction of sp³-hybridized carbons (Fsp3) is 0.400. The maximum atomic E-state index is 12.6. The monoisotopic (exact) mass is 482 g/mol. The first kappa shape index (κ1) is 27.8. The van der Waals surface area contributed by atoms with Gasteiger partial charge in [-0.2, -0.15) is 0 Å². The predicted octanol–water partition coefficient (Wildman–Crippen LogP) is -2.23. The van der Waals surface area contributed by atoms with Gasteiger partial charge < -0.3 is 42.1 Å². The summed E-state index contributed by atoms with van der Waals surface area (Å²) in [6.45, 7) is -0.713. The van der Waals surface area contributed by atoms with Crippen LogP contribution in [0.3, 0.4) is 0 Å². The Labute approximate surface area is 193 Å². The van der Waals surface area contributed by atoms with Crippen molar-refractivity contribution in [3.05, 3.63) is 29.8 Å². The van der Waals surface area contributed by atoms with Gasteiger partial charge in [-0.25, -0.2) is 4.79 Å². The van der Waals surface area contributed by atoms with E-state index in [0.717, 1.165) is 0 Å². The van der Waals surface area contributed by atoms with Crippen LogP contribution in [0.1, 0.15) is 24.8 Å². The second kappa shape index (κ2) is 13.4. The first-order chi connectivity index (χ1) is 15.9. The fourth-order valence-electron chi connectivity index (χ4n) is 2.68.